The smallest absolute Gasteiger partial charge is 0.219 e. The van der Waals surface area contributed by atoms with Crippen LogP contribution in [0.1, 0.15) is 6.92 Å². The molecule has 0 saturated carbocycles. The minimum absolute atomic E-state index is 0.0653. The van der Waals surface area contributed by atoms with Gasteiger partial charge in [0.25, 0.3) is 0 Å². The topological polar surface area (TPSA) is 48.0 Å². The van der Waals surface area contributed by atoms with Crippen molar-refractivity contribution in [2.75, 3.05) is 52.7 Å². The van der Waals surface area contributed by atoms with E-state index in [-0.39, 0.29) is 5.91 Å². The van der Waals surface area contributed by atoms with Gasteiger partial charge in [0, 0.05) is 20.0 Å². The van der Waals surface area contributed by atoms with E-state index in [0.717, 1.165) is 0 Å². The van der Waals surface area contributed by atoms with Crippen LogP contribution in [-0.2, 0) is 19.0 Å². The second kappa shape index (κ2) is 7.62. The third-order valence-electron chi connectivity index (χ3n) is 2.20. The number of carbonyl (C=O) groups excluding carboxylic acids is 1. The van der Waals surface area contributed by atoms with Gasteiger partial charge in [-0.15, -0.1) is 0 Å². The van der Waals surface area contributed by atoms with E-state index in [9.17, 15) is 4.79 Å². The van der Waals surface area contributed by atoms with E-state index in [0.29, 0.717) is 52.7 Å². The molecule has 1 amide bonds. The lowest BCUT2D eigenvalue weighted by Gasteiger charge is -2.21. The van der Waals surface area contributed by atoms with Gasteiger partial charge in [0.05, 0.1) is 39.6 Å². The molecule has 0 spiro atoms. The maximum Gasteiger partial charge on any atom is 0.219 e. The third-order valence-corrected chi connectivity index (χ3v) is 2.20. The molecule has 0 aromatic rings. The summed E-state index contributed by atoms with van der Waals surface area (Å²) in [5.74, 6) is 0.0653. The van der Waals surface area contributed by atoms with E-state index in [1.165, 1.54) is 0 Å². The van der Waals surface area contributed by atoms with E-state index in [1.54, 1.807) is 11.8 Å². The average Bonchev–Trinajstić information content (AvgIpc) is 2.18. The van der Waals surface area contributed by atoms with E-state index in [4.69, 9.17) is 14.2 Å². The van der Waals surface area contributed by atoms with Gasteiger partial charge in [-0.05, 0) is 0 Å². The molecule has 1 fully saturated rings. The SMILES string of the molecule is CC(=O)N1CCOCCOCCOCC1. The van der Waals surface area contributed by atoms with Crippen LogP contribution < -0.4 is 0 Å². The predicted octanol–water partition coefficient (Wildman–Crippen LogP) is -0.102. The van der Waals surface area contributed by atoms with Crippen molar-refractivity contribution in [3.05, 3.63) is 0 Å². The number of carbonyl (C=O) groups is 1. The van der Waals surface area contributed by atoms with Crippen LogP contribution in [0.15, 0.2) is 0 Å². The van der Waals surface area contributed by atoms with Gasteiger partial charge in [0.1, 0.15) is 0 Å². The van der Waals surface area contributed by atoms with E-state index < -0.39 is 0 Å². The van der Waals surface area contributed by atoms with Gasteiger partial charge >= 0.3 is 0 Å². The fraction of sp³-hybridized carbons (Fsp3) is 0.900. The standard InChI is InChI=1S/C10H19NO4/c1-10(12)11-2-4-13-6-8-15-9-7-14-5-3-11/h2-9H2,1H3. The molecule has 0 aromatic carbocycles. The van der Waals surface area contributed by atoms with Crippen LogP contribution in [0, 0.1) is 0 Å². The van der Waals surface area contributed by atoms with Gasteiger partial charge in [-0.2, -0.15) is 0 Å². The van der Waals surface area contributed by atoms with Gasteiger partial charge < -0.3 is 19.1 Å². The molecule has 0 unspecified atom stereocenters. The van der Waals surface area contributed by atoms with E-state index >= 15 is 0 Å². The van der Waals surface area contributed by atoms with Crippen molar-refractivity contribution in [2.45, 2.75) is 6.92 Å². The number of hydrogen-bond acceptors (Lipinski definition) is 4. The van der Waals surface area contributed by atoms with Crippen LogP contribution >= 0.6 is 0 Å². The monoisotopic (exact) mass is 217 g/mol. The van der Waals surface area contributed by atoms with Gasteiger partial charge in [-0.25, -0.2) is 0 Å². The number of rotatable bonds is 0. The lowest BCUT2D eigenvalue weighted by molar-refractivity contribution is -0.130. The minimum Gasteiger partial charge on any atom is -0.377 e. The molecule has 0 bridgehead atoms. The molecule has 0 N–H and O–H groups in total. The largest absolute Gasteiger partial charge is 0.377 e. The molecule has 5 nitrogen and oxygen atoms in total. The zero-order chi connectivity index (χ0) is 10.9. The zero-order valence-corrected chi connectivity index (χ0v) is 9.24. The fourth-order valence-corrected chi connectivity index (χ4v) is 1.32. The Hall–Kier alpha value is -0.650. The van der Waals surface area contributed by atoms with Crippen LogP contribution in [0.25, 0.3) is 0 Å². The Balaban J connectivity index is 2.28. The molecular formula is C10H19NO4. The van der Waals surface area contributed by atoms with Crippen molar-refractivity contribution in [3.8, 4) is 0 Å². The molecule has 1 saturated heterocycles. The minimum atomic E-state index is 0.0653. The molecule has 88 valence electrons. The highest BCUT2D eigenvalue weighted by molar-refractivity contribution is 5.73. The summed E-state index contributed by atoms with van der Waals surface area (Å²) in [6, 6.07) is 0. The zero-order valence-electron chi connectivity index (χ0n) is 9.24. The Morgan fingerprint density at radius 1 is 0.867 bits per heavy atom. The lowest BCUT2D eigenvalue weighted by Crippen LogP contribution is -2.35. The summed E-state index contributed by atoms with van der Waals surface area (Å²) in [6.07, 6.45) is 0. The molecule has 1 rings (SSSR count). The quantitative estimate of drug-likeness (QED) is 0.568. The van der Waals surface area contributed by atoms with Crippen molar-refractivity contribution in [1.29, 1.82) is 0 Å². The Kier molecular flexibility index (Phi) is 6.31. The highest BCUT2D eigenvalue weighted by atomic mass is 16.5. The number of nitrogens with zero attached hydrogens (tertiary/aromatic N) is 1. The van der Waals surface area contributed by atoms with Crippen molar-refractivity contribution in [1.82, 2.24) is 4.90 Å². The molecular weight excluding hydrogens is 198 g/mol. The molecule has 0 radical (unpaired) electrons. The Morgan fingerprint density at radius 3 is 1.67 bits per heavy atom. The van der Waals surface area contributed by atoms with Crippen LogP contribution in [0.4, 0.5) is 0 Å². The summed E-state index contributed by atoms with van der Waals surface area (Å²) in [5, 5.41) is 0. The molecule has 5 heteroatoms. The third kappa shape index (κ3) is 5.71. The van der Waals surface area contributed by atoms with Crippen molar-refractivity contribution in [2.24, 2.45) is 0 Å². The van der Waals surface area contributed by atoms with Gasteiger partial charge in [-0.3, -0.25) is 4.79 Å². The van der Waals surface area contributed by atoms with E-state index in [2.05, 4.69) is 0 Å². The summed E-state index contributed by atoms with van der Waals surface area (Å²) in [5.41, 5.74) is 0. The maximum atomic E-state index is 11.2. The van der Waals surface area contributed by atoms with Crippen LogP contribution in [0.2, 0.25) is 0 Å². The summed E-state index contributed by atoms with van der Waals surface area (Å²) in [7, 11) is 0. The fourth-order valence-electron chi connectivity index (χ4n) is 1.32. The molecule has 0 aliphatic carbocycles. The molecule has 1 heterocycles. The van der Waals surface area contributed by atoms with Crippen molar-refractivity contribution < 1.29 is 19.0 Å². The first-order valence-corrected chi connectivity index (χ1v) is 5.29. The summed E-state index contributed by atoms with van der Waals surface area (Å²) in [6.45, 7) is 6.25. The van der Waals surface area contributed by atoms with Crippen LogP contribution in [-0.4, -0.2) is 63.5 Å². The highest BCUT2D eigenvalue weighted by Gasteiger charge is 2.08. The summed E-state index contributed by atoms with van der Waals surface area (Å²) >= 11 is 0. The molecule has 0 atom stereocenters. The first kappa shape index (κ1) is 12.4. The van der Waals surface area contributed by atoms with Crippen molar-refractivity contribution in [3.63, 3.8) is 0 Å². The second-order valence-electron chi connectivity index (χ2n) is 3.34. The van der Waals surface area contributed by atoms with E-state index in [1.807, 2.05) is 0 Å². The maximum absolute atomic E-state index is 11.2. The lowest BCUT2D eigenvalue weighted by atomic mass is 10.4. The van der Waals surface area contributed by atoms with Crippen LogP contribution in [0.3, 0.4) is 0 Å². The normalized spacial score (nSPS) is 21.5. The molecule has 15 heavy (non-hydrogen) atoms. The first-order chi connectivity index (χ1) is 7.30. The van der Waals surface area contributed by atoms with Crippen LogP contribution in [0.5, 0.6) is 0 Å². The average molecular weight is 217 g/mol. The number of ether oxygens (including phenoxy) is 3. The molecule has 1 aliphatic heterocycles. The van der Waals surface area contributed by atoms with Gasteiger partial charge in [0.2, 0.25) is 5.91 Å². The van der Waals surface area contributed by atoms with Crippen molar-refractivity contribution >= 4 is 5.91 Å². The number of hydrogen-bond donors (Lipinski definition) is 0. The Morgan fingerprint density at radius 2 is 1.27 bits per heavy atom. The highest BCUT2D eigenvalue weighted by Crippen LogP contribution is 1.92. The second-order valence-corrected chi connectivity index (χ2v) is 3.34. The molecule has 0 aromatic heterocycles. The summed E-state index contributed by atoms with van der Waals surface area (Å²) < 4.78 is 15.9. The Bertz CT molecular complexity index is 174. The molecule has 1 aliphatic rings. The Labute approximate surface area is 90.3 Å². The van der Waals surface area contributed by atoms with Gasteiger partial charge in [-0.1, -0.05) is 0 Å². The summed E-state index contributed by atoms with van der Waals surface area (Å²) in [4.78, 5) is 12.9. The van der Waals surface area contributed by atoms with Gasteiger partial charge in [0.15, 0.2) is 0 Å². The first-order valence-electron chi connectivity index (χ1n) is 5.29. The number of amides is 1. The predicted molar refractivity (Wildman–Crippen MR) is 54.7 cm³/mol.